The van der Waals surface area contributed by atoms with Crippen LogP contribution in [-0.4, -0.2) is 27.6 Å². The van der Waals surface area contributed by atoms with Crippen molar-refractivity contribution in [3.63, 3.8) is 0 Å². The Morgan fingerprint density at radius 2 is 1.69 bits per heavy atom. The second-order valence-corrected chi connectivity index (χ2v) is 5.40. The van der Waals surface area contributed by atoms with E-state index < -0.39 is 51.1 Å². The number of alkyl halides is 6. The predicted octanol–water partition coefficient (Wildman–Crippen LogP) is 4.49. The molecule has 1 aromatic heterocycles. The molecule has 0 spiro atoms. The number of nitrogen functional groups attached to an aromatic ring is 1. The summed E-state index contributed by atoms with van der Waals surface area (Å²) in [6.45, 7) is 0. The van der Waals surface area contributed by atoms with Crippen LogP contribution in [0, 0.1) is 0 Å². The Balaban J connectivity index is 2.66. The number of hydrogen-bond donors (Lipinski definition) is 2. The predicted molar refractivity (Wildman–Crippen MR) is 79.1 cm³/mol. The van der Waals surface area contributed by atoms with Crippen molar-refractivity contribution in [1.29, 1.82) is 0 Å². The zero-order valence-corrected chi connectivity index (χ0v) is 13.5. The lowest BCUT2D eigenvalue weighted by Crippen LogP contribution is -2.17. The molecule has 0 fully saturated rings. The first-order valence-electron chi connectivity index (χ1n) is 6.23. The molecule has 2 rings (SSSR count). The molecule has 3 N–H and O–H groups in total. The molecule has 0 aliphatic heterocycles. The van der Waals surface area contributed by atoms with E-state index in [1.165, 1.54) is 0 Å². The van der Waals surface area contributed by atoms with E-state index in [1.807, 2.05) is 0 Å². The van der Waals surface area contributed by atoms with E-state index in [9.17, 15) is 26.3 Å². The maximum atomic E-state index is 13.1. The number of oxime groups is 1. The fourth-order valence-electron chi connectivity index (χ4n) is 1.99. The van der Waals surface area contributed by atoms with Crippen LogP contribution in [0.4, 0.5) is 32.2 Å². The Hall–Kier alpha value is -2.34. The Kier molecular flexibility index (Phi) is 5.19. The van der Waals surface area contributed by atoms with Gasteiger partial charge in [0, 0.05) is 12.1 Å². The van der Waals surface area contributed by atoms with Gasteiger partial charge in [-0.25, -0.2) is 4.68 Å². The summed E-state index contributed by atoms with van der Waals surface area (Å²) in [5.41, 5.74) is 2.70. The summed E-state index contributed by atoms with van der Waals surface area (Å²) in [7, 11) is 0. The molecule has 1 heterocycles. The molecular formula is C12H6Cl2F6N4O2. The molecular weight excluding hydrogens is 417 g/mol. The molecule has 0 radical (unpaired) electrons. The third kappa shape index (κ3) is 4.07. The number of ether oxygens (including phenoxy) is 1. The van der Waals surface area contributed by atoms with Crippen LogP contribution in [0.25, 0.3) is 5.69 Å². The Morgan fingerprint density at radius 1 is 1.15 bits per heavy atom. The van der Waals surface area contributed by atoms with Crippen LogP contribution in [0.3, 0.4) is 0 Å². The molecule has 6 nitrogen and oxygen atoms in total. The minimum atomic E-state index is -5.03. The number of halogens is 8. The first-order chi connectivity index (χ1) is 11.8. The maximum Gasteiger partial charge on any atom is 0.573 e. The Bertz CT molecular complexity index is 840. The van der Waals surface area contributed by atoms with Crippen molar-refractivity contribution in [2.75, 3.05) is 5.73 Å². The van der Waals surface area contributed by atoms with Crippen LogP contribution in [0.5, 0.6) is 5.75 Å². The lowest BCUT2D eigenvalue weighted by molar-refractivity contribution is -0.274. The molecule has 14 heteroatoms. The number of hydrogen-bond acceptors (Lipinski definition) is 5. The molecule has 142 valence electrons. The van der Waals surface area contributed by atoms with Crippen LogP contribution in [0.15, 0.2) is 17.3 Å². The van der Waals surface area contributed by atoms with Crippen LogP contribution < -0.4 is 10.5 Å². The number of benzene rings is 1. The highest BCUT2D eigenvalue weighted by Crippen LogP contribution is 2.40. The van der Waals surface area contributed by atoms with E-state index in [0.29, 0.717) is 23.0 Å². The number of aromatic nitrogens is 2. The third-order valence-electron chi connectivity index (χ3n) is 2.85. The van der Waals surface area contributed by atoms with Crippen molar-refractivity contribution < 1.29 is 36.3 Å². The fraction of sp³-hybridized carbons (Fsp3) is 0.167. The number of nitrogens with two attached hydrogens (primary N) is 1. The summed E-state index contributed by atoms with van der Waals surface area (Å²) < 4.78 is 80.2. The summed E-state index contributed by atoms with van der Waals surface area (Å²) in [5.74, 6) is -1.77. The van der Waals surface area contributed by atoms with Crippen molar-refractivity contribution in [3.05, 3.63) is 33.4 Å². The van der Waals surface area contributed by atoms with E-state index in [2.05, 4.69) is 15.0 Å². The highest BCUT2D eigenvalue weighted by Gasteiger charge is 2.40. The molecule has 0 aliphatic rings. The average molecular weight is 423 g/mol. The monoisotopic (exact) mass is 422 g/mol. The van der Waals surface area contributed by atoms with E-state index >= 15 is 0 Å². The summed E-state index contributed by atoms with van der Waals surface area (Å²) in [5, 5.41) is 13.4. The molecule has 1 aromatic carbocycles. The van der Waals surface area contributed by atoms with Gasteiger partial charge in [-0.05, 0) is 0 Å². The Labute approximate surface area is 150 Å². The van der Waals surface area contributed by atoms with Crippen molar-refractivity contribution in [1.82, 2.24) is 9.78 Å². The van der Waals surface area contributed by atoms with E-state index in [0.717, 1.165) is 0 Å². The Morgan fingerprint density at radius 3 is 2.12 bits per heavy atom. The number of anilines is 1. The molecule has 0 aliphatic carbocycles. The maximum absolute atomic E-state index is 13.1. The molecule has 0 unspecified atom stereocenters. The quantitative estimate of drug-likeness (QED) is 0.330. The van der Waals surface area contributed by atoms with Crippen LogP contribution >= 0.6 is 23.2 Å². The first-order valence-corrected chi connectivity index (χ1v) is 6.99. The van der Waals surface area contributed by atoms with Gasteiger partial charge in [0.15, 0.2) is 0 Å². The molecule has 0 saturated heterocycles. The van der Waals surface area contributed by atoms with Gasteiger partial charge >= 0.3 is 12.5 Å². The van der Waals surface area contributed by atoms with Gasteiger partial charge in [0.1, 0.15) is 28.5 Å². The van der Waals surface area contributed by atoms with Gasteiger partial charge < -0.3 is 15.7 Å². The first kappa shape index (κ1) is 20.0. The summed E-state index contributed by atoms with van der Waals surface area (Å²) >= 11 is 11.6. The normalized spacial score (nSPS) is 12.8. The minimum Gasteiger partial charge on any atom is -0.411 e. The molecule has 0 atom stereocenters. The molecule has 0 saturated carbocycles. The van der Waals surface area contributed by atoms with Gasteiger partial charge in [-0.3, -0.25) is 0 Å². The van der Waals surface area contributed by atoms with Crippen molar-refractivity contribution in [2.24, 2.45) is 5.16 Å². The highest BCUT2D eigenvalue weighted by atomic mass is 35.5. The lowest BCUT2D eigenvalue weighted by atomic mass is 10.2. The van der Waals surface area contributed by atoms with E-state index in [4.69, 9.17) is 34.1 Å². The summed E-state index contributed by atoms with van der Waals surface area (Å²) in [4.78, 5) is 0. The van der Waals surface area contributed by atoms with E-state index in [-0.39, 0.29) is 0 Å². The number of rotatable bonds is 3. The van der Waals surface area contributed by atoms with Gasteiger partial charge in [-0.2, -0.15) is 18.3 Å². The third-order valence-corrected chi connectivity index (χ3v) is 3.42. The fourth-order valence-corrected chi connectivity index (χ4v) is 2.62. The van der Waals surface area contributed by atoms with Crippen LogP contribution in [-0.2, 0) is 6.18 Å². The summed E-state index contributed by atoms with van der Waals surface area (Å²) in [6, 6.07) is 1.34. The molecule has 0 bridgehead atoms. The number of nitrogens with zero attached hydrogens (tertiary/aromatic N) is 3. The SMILES string of the molecule is Nc1c(C(F)(F)F)c(/C=N/O)nn1-c1c(Cl)cc(OC(F)(F)F)cc1Cl. The largest absolute Gasteiger partial charge is 0.573 e. The second kappa shape index (κ2) is 6.76. The van der Waals surface area contributed by atoms with Crippen molar-refractivity contribution >= 4 is 35.2 Å². The standard InChI is InChI=1S/C12H6Cl2F6N4O2/c13-5-1-4(26-12(18,19)20)2-6(14)9(5)24-10(21)8(11(15,16)17)7(23-24)3-22-25/h1-3,25H,21H2/b22-3+. The zero-order chi connectivity index (χ0) is 19.9. The second-order valence-electron chi connectivity index (χ2n) is 4.58. The molecule has 0 amide bonds. The van der Waals surface area contributed by atoms with Crippen LogP contribution in [0.2, 0.25) is 10.0 Å². The lowest BCUT2D eigenvalue weighted by Gasteiger charge is -2.14. The minimum absolute atomic E-state index is 0.374. The van der Waals surface area contributed by atoms with Crippen molar-refractivity contribution in [2.45, 2.75) is 12.5 Å². The van der Waals surface area contributed by atoms with Crippen molar-refractivity contribution in [3.8, 4) is 11.4 Å². The highest BCUT2D eigenvalue weighted by molar-refractivity contribution is 6.38. The molecule has 2 aromatic rings. The average Bonchev–Trinajstić information content (AvgIpc) is 2.73. The van der Waals surface area contributed by atoms with Gasteiger partial charge in [-0.1, -0.05) is 28.4 Å². The topological polar surface area (TPSA) is 85.7 Å². The van der Waals surface area contributed by atoms with E-state index in [1.54, 1.807) is 0 Å². The van der Waals surface area contributed by atoms with Gasteiger partial charge in [0.25, 0.3) is 0 Å². The van der Waals surface area contributed by atoms with Gasteiger partial charge in [-0.15, -0.1) is 13.2 Å². The van der Waals surface area contributed by atoms with Gasteiger partial charge in [0.05, 0.1) is 16.3 Å². The molecule has 26 heavy (non-hydrogen) atoms. The summed E-state index contributed by atoms with van der Waals surface area (Å²) in [6.07, 6.45) is -9.64. The van der Waals surface area contributed by atoms with Crippen LogP contribution in [0.1, 0.15) is 11.3 Å². The van der Waals surface area contributed by atoms with Gasteiger partial charge in [0.2, 0.25) is 0 Å². The zero-order valence-electron chi connectivity index (χ0n) is 12.0. The smallest absolute Gasteiger partial charge is 0.411 e.